The number of rotatable bonds is 4. The largest absolute Gasteiger partial charge is 0.285 e. The van der Waals surface area contributed by atoms with Crippen LogP contribution in [0.25, 0.3) is 11.3 Å². The van der Waals surface area contributed by atoms with Gasteiger partial charge in [-0.3, -0.25) is 4.18 Å². The lowest BCUT2D eigenvalue weighted by Crippen LogP contribution is -2.16. The van der Waals surface area contributed by atoms with E-state index >= 15 is 0 Å². The fourth-order valence-corrected chi connectivity index (χ4v) is 2.62. The van der Waals surface area contributed by atoms with Gasteiger partial charge in [-0.05, 0) is 29.7 Å². The molecular weight excluding hydrogens is 296 g/mol. The predicted molar refractivity (Wildman–Crippen MR) is 86.2 cm³/mol. The first-order valence-electron chi connectivity index (χ1n) is 6.92. The van der Waals surface area contributed by atoms with E-state index in [4.69, 9.17) is 9.44 Å². The van der Waals surface area contributed by atoms with Crippen LogP contribution in [0.3, 0.4) is 0 Å². The van der Waals surface area contributed by atoms with Crippen molar-refractivity contribution >= 4 is 11.1 Å². The van der Waals surface area contributed by atoms with E-state index in [-0.39, 0.29) is 5.41 Å². The molecule has 2 aromatic rings. The number of hydrogen-bond donors (Lipinski definition) is 0. The van der Waals surface area contributed by atoms with Crippen LogP contribution in [0, 0.1) is 16.7 Å². The third kappa shape index (κ3) is 4.48. The van der Waals surface area contributed by atoms with Gasteiger partial charge < -0.3 is 0 Å². The zero-order valence-corrected chi connectivity index (χ0v) is 13.7. The van der Waals surface area contributed by atoms with Gasteiger partial charge in [0.1, 0.15) is 0 Å². The second-order valence-corrected chi connectivity index (χ2v) is 7.23. The highest BCUT2D eigenvalue weighted by Gasteiger charge is 2.15. The molecule has 0 aliphatic heterocycles. The number of pyridine rings is 1. The van der Waals surface area contributed by atoms with Gasteiger partial charge in [0.05, 0.1) is 23.9 Å². The summed E-state index contributed by atoms with van der Waals surface area (Å²) in [5, 5.41) is 9.21. The van der Waals surface area contributed by atoms with Gasteiger partial charge >= 0.3 is 0 Å². The molecule has 5 heteroatoms. The van der Waals surface area contributed by atoms with Crippen LogP contribution in [-0.2, 0) is 15.3 Å². The highest BCUT2D eigenvalue weighted by Crippen LogP contribution is 2.20. The first-order chi connectivity index (χ1) is 10.4. The molecular formula is C17H18N2O2S. The summed E-state index contributed by atoms with van der Waals surface area (Å²) >= 11 is -1.58. The second-order valence-electron chi connectivity index (χ2n) is 6.11. The highest BCUT2D eigenvalue weighted by molar-refractivity contribution is 7.80. The van der Waals surface area contributed by atoms with Crippen molar-refractivity contribution in [1.29, 1.82) is 5.26 Å². The first-order valence-corrected chi connectivity index (χ1v) is 7.99. The van der Waals surface area contributed by atoms with Crippen LogP contribution in [0.2, 0.25) is 0 Å². The Kier molecular flexibility index (Phi) is 5.07. The number of aromatic nitrogens is 1. The zero-order valence-electron chi connectivity index (χ0n) is 12.9. The predicted octanol–water partition coefficient (Wildman–Crippen LogP) is 3.71. The number of benzene rings is 1. The summed E-state index contributed by atoms with van der Waals surface area (Å²) in [5.41, 5.74) is 2.11. The van der Waals surface area contributed by atoms with E-state index in [9.17, 15) is 4.21 Å². The Morgan fingerprint density at radius 1 is 1.18 bits per heavy atom. The fourth-order valence-electron chi connectivity index (χ4n) is 1.67. The first kappa shape index (κ1) is 16.3. The van der Waals surface area contributed by atoms with Crippen molar-refractivity contribution in [1.82, 2.24) is 4.98 Å². The van der Waals surface area contributed by atoms with Gasteiger partial charge in [-0.25, -0.2) is 9.19 Å². The van der Waals surface area contributed by atoms with Gasteiger partial charge in [0.25, 0.3) is 0 Å². The van der Waals surface area contributed by atoms with E-state index in [0.717, 1.165) is 5.56 Å². The molecule has 22 heavy (non-hydrogen) atoms. The maximum atomic E-state index is 12.2. The molecule has 0 aliphatic carbocycles. The van der Waals surface area contributed by atoms with Crippen molar-refractivity contribution < 1.29 is 8.39 Å². The van der Waals surface area contributed by atoms with Crippen LogP contribution in [0.5, 0.6) is 0 Å². The molecule has 1 aromatic carbocycles. The fraction of sp³-hybridized carbons (Fsp3) is 0.294. The normalized spacial score (nSPS) is 12.6. The molecule has 1 unspecified atom stereocenters. The van der Waals surface area contributed by atoms with Crippen LogP contribution in [0.15, 0.2) is 47.5 Å². The molecule has 4 nitrogen and oxygen atoms in total. The molecule has 1 atom stereocenters. The Morgan fingerprint density at radius 2 is 1.86 bits per heavy atom. The van der Waals surface area contributed by atoms with Gasteiger partial charge in [-0.15, -0.1) is 0 Å². The minimum absolute atomic E-state index is 0.0552. The molecule has 0 saturated heterocycles. The number of nitriles is 1. The molecule has 114 valence electrons. The molecule has 1 aromatic heterocycles. The Labute approximate surface area is 133 Å². The van der Waals surface area contributed by atoms with E-state index in [0.29, 0.717) is 22.9 Å². The van der Waals surface area contributed by atoms with Gasteiger partial charge in [0.15, 0.2) is 5.03 Å². The standard InChI is InChI=1S/C17H18N2O2S/c1-17(2,3)12-21-22(20)16-6-4-5-15(19-16)14-9-7-13(11-18)8-10-14/h4-10H,12H2,1-3H3. The minimum atomic E-state index is -1.58. The van der Waals surface area contributed by atoms with Crippen molar-refractivity contribution in [3.8, 4) is 17.3 Å². The maximum Gasteiger partial charge on any atom is 0.208 e. The van der Waals surface area contributed by atoms with Crippen molar-refractivity contribution in [2.45, 2.75) is 25.8 Å². The molecule has 1 heterocycles. The SMILES string of the molecule is CC(C)(C)COS(=O)c1cccc(-c2ccc(C#N)cc2)n1. The van der Waals surface area contributed by atoms with Crippen molar-refractivity contribution in [2.24, 2.45) is 5.41 Å². The Morgan fingerprint density at radius 3 is 2.45 bits per heavy atom. The third-order valence-corrected chi connectivity index (χ3v) is 3.70. The monoisotopic (exact) mass is 314 g/mol. The Hall–Kier alpha value is -2.03. The summed E-state index contributed by atoms with van der Waals surface area (Å²) in [7, 11) is 0. The average Bonchev–Trinajstić information content (AvgIpc) is 2.52. The lowest BCUT2D eigenvalue weighted by Gasteiger charge is -2.16. The lowest BCUT2D eigenvalue weighted by molar-refractivity contribution is 0.215. The van der Waals surface area contributed by atoms with E-state index in [1.54, 1.807) is 24.3 Å². The molecule has 0 spiro atoms. The van der Waals surface area contributed by atoms with Gasteiger partial charge in [-0.1, -0.05) is 39.0 Å². The zero-order chi connectivity index (χ0) is 16.2. The summed E-state index contributed by atoms with van der Waals surface area (Å²) in [4.78, 5) is 4.39. The summed E-state index contributed by atoms with van der Waals surface area (Å²) in [5.74, 6) is 0. The van der Waals surface area contributed by atoms with Crippen LogP contribution < -0.4 is 0 Å². The van der Waals surface area contributed by atoms with Crippen molar-refractivity contribution in [3.05, 3.63) is 48.0 Å². The maximum absolute atomic E-state index is 12.2. The second kappa shape index (κ2) is 6.82. The molecule has 0 amide bonds. The van der Waals surface area contributed by atoms with E-state index in [1.165, 1.54) is 0 Å². The van der Waals surface area contributed by atoms with Crippen molar-refractivity contribution in [3.63, 3.8) is 0 Å². The summed E-state index contributed by atoms with van der Waals surface area (Å²) in [6.45, 7) is 6.45. The molecule has 2 rings (SSSR count). The summed E-state index contributed by atoms with van der Waals surface area (Å²) in [6, 6.07) is 14.5. The van der Waals surface area contributed by atoms with Crippen LogP contribution >= 0.6 is 0 Å². The topological polar surface area (TPSA) is 63.0 Å². The molecule has 0 saturated carbocycles. The van der Waals surface area contributed by atoms with Gasteiger partial charge in [0, 0.05) is 5.56 Å². The molecule has 0 radical (unpaired) electrons. The quantitative estimate of drug-likeness (QED) is 0.863. The van der Waals surface area contributed by atoms with Crippen molar-refractivity contribution in [2.75, 3.05) is 6.61 Å². The van der Waals surface area contributed by atoms with Crippen LogP contribution in [-0.4, -0.2) is 15.8 Å². The van der Waals surface area contributed by atoms with E-state index in [2.05, 4.69) is 11.1 Å². The molecule has 0 aliphatic rings. The van der Waals surface area contributed by atoms with Crippen LogP contribution in [0.4, 0.5) is 0 Å². The minimum Gasteiger partial charge on any atom is -0.285 e. The smallest absolute Gasteiger partial charge is 0.208 e. The summed E-state index contributed by atoms with van der Waals surface area (Å²) < 4.78 is 17.5. The van der Waals surface area contributed by atoms with Gasteiger partial charge in [-0.2, -0.15) is 5.26 Å². The molecule has 0 fully saturated rings. The Bertz CT molecular complexity index is 713. The number of nitrogens with zero attached hydrogens (tertiary/aromatic N) is 2. The third-order valence-electron chi connectivity index (χ3n) is 2.80. The van der Waals surface area contributed by atoms with Crippen LogP contribution in [0.1, 0.15) is 26.3 Å². The summed E-state index contributed by atoms with van der Waals surface area (Å²) in [6.07, 6.45) is 0. The molecule has 0 bridgehead atoms. The van der Waals surface area contributed by atoms with E-state index in [1.807, 2.05) is 39.0 Å². The number of hydrogen-bond acceptors (Lipinski definition) is 4. The Balaban J connectivity index is 2.19. The van der Waals surface area contributed by atoms with Gasteiger partial charge in [0.2, 0.25) is 11.1 Å². The molecule has 0 N–H and O–H groups in total. The highest BCUT2D eigenvalue weighted by atomic mass is 32.2. The lowest BCUT2D eigenvalue weighted by atomic mass is 9.99. The van der Waals surface area contributed by atoms with E-state index < -0.39 is 11.1 Å². The average molecular weight is 314 g/mol.